The van der Waals surface area contributed by atoms with E-state index in [-0.39, 0.29) is 6.61 Å². The Morgan fingerprint density at radius 1 is 1.14 bits per heavy atom. The predicted molar refractivity (Wildman–Crippen MR) is 112 cm³/mol. The Bertz CT molecular complexity index is 1020. The Balaban J connectivity index is 1.48. The number of carbonyl (C=O) groups is 1. The van der Waals surface area contributed by atoms with Crippen molar-refractivity contribution in [2.24, 2.45) is 0 Å². The van der Waals surface area contributed by atoms with Gasteiger partial charge in [0.2, 0.25) is 0 Å². The first-order valence-electron chi connectivity index (χ1n) is 9.89. The van der Waals surface area contributed by atoms with Gasteiger partial charge in [-0.3, -0.25) is 0 Å². The number of hydrogen-bond acceptors (Lipinski definition) is 3. The van der Waals surface area contributed by atoms with Crippen LogP contribution in [0, 0.1) is 0 Å². The summed E-state index contributed by atoms with van der Waals surface area (Å²) in [6.07, 6.45) is 10.0. The van der Waals surface area contributed by atoms with Crippen LogP contribution in [0.25, 0.3) is 5.57 Å². The molecule has 29 heavy (non-hydrogen) atoms. The lowest BCUT2D eigenvalue weighted by molar-refractivity contribution is -0.139. The first kappa shape index (κ1) is 19.0. The predicted octanol–water partition coefficient (Wildman–Crippen LogP) is 4.36. The summed E-state index contributed by atoms with van der Waals surface area (Å²) in [6.45, 7) is 0.450. The summed E-state index contributed by atoms with van der Waals surface area (Å²) in [7, 11) is 0. The van der Waals surface area contributed by atoms with E-state index < -0.39 is 5.97 Å². The number of aliphatic carboxylic acids is 1. The molecule has 0 spiro atoms. The number of carboxylic acid groups (broad SMARTS) is 1. The zero-order valence-corrected chi connectivity index (χ0v) is 16.3. The molecule has 0 aliphatic heterocycles. The quantitative estimate of drug-likeness (QED) is 0.653. The second kappa shape index (κ2) is 8.78. The minimum absolute atomic E-state index is 0.311. The van der Waals surface area contributed by atoms with Crippen LogP contribution in [0.2, 0.25) is 0 Å². The number of nitrogens with zero attached hydrogens (tertiary/aromatic N) is 2. The Morgan fingerprint density at radius 2 is 2.00 bits per heavy atom. The molecule has 0 bridgehead atoms. The third-order valence-corrected chi connectivity index (χ3v) is 5.17. The monoisotopic (exact) mass is 388 g/mol. The molecule has 1 aliphatic carbocycles. The van der Waals surface area contributed by atoms with E-state index >= 15 is 0 Å². The molecule has 0 radical (unpaired) electrons. The van der Waals surface area contributed by atoms with E-state index in [4.69, 9.17) is 9.84 Å². The van der Waals surface area contributed by atoms with E-state index in [2.05, 4.69) is 40.0 Å². The van der Waals surface area contributed by atoms with Crippen molar-refractivity contribution < 1.29 is 14.6 Å². The minimum atomic E-state index is -0.958. The molecule has 1 aliphatic rings. The van der Waals surface area contributed by atoms with Gasteiger partial charge in [0.05, 0.1) is 12.0 Å². The van der Waals surface area contributed by atoms with Crippen molar-refractivity contribution in [3.8, 4) is 5.75 Å². The number of rotatable bonds is 7. The van der Waals surface area contributed by atoms with E-state index in [1.807, 2.05) is 36.7 Å². The van der Waals surface area contributed by atoms with Crippen LogP contribution in [-0.2, 0) is 24.2 Å². The molecular formula is C24H24N2O3. The zero-order valence-electron chi connectivity index (χ0n) is 16.3. The SMILES string of the molecule is O=C(O)COc1cccc2c1CCC/C2=C/Cn1cnc(Cc2ccccc2)c1. The van der Waals surface area contributed by atoms with Gasteiger partial charge >= 0.3 is 5.97 Å². The molecule has 0 atom stereocenters. The molecule has 5 heteroatoms. The topological polar surface area (TPSA) is 64.3 Å². The first-order chi connectivity index (χ1) is 14.2. The molecule has 1 heterocycles. The van der Waals surface area contributed by atoms with E-state index in [9.17, 15) is 4.79 Å². The van der Waals surface area contributed by atoms with E-state index in [1.54, 1.807) is 0 Å². The number of hydrogen-bond donors (Lipinski definition) is 1. The lowest BCUT2D eigenvalue weighted by atomic mass is 9.86. The van der Waals surface area contributed by atoms with Gasteiger partial charge in [-0.25, -0.2) is 9.78 Å². The molecule has 0 saturated carbocycles. The maximum atomic E-state index is 10.8. The first-order valence-corrected chi connectivity index (χ1v) is 9.89. The van der Waals surface area contributed by atoms with Gasteiger partial charge in [-0.15, -0.1) is 0 Å². The van der Waals surface area contributed by atoms with Gasteiger partial charge in [0.1, 0.15) is 5.75 Å². The van der Waals surface area contributed by atoms with Crippen molar-refractivity contribution in [3.63, 3.8) is 0 Å². The lowest BCUT2D eigenvalue weighted by Gasteiger charge is -2.22. The number of allylic oxidation sites excluding steroid dienone is 2. The maximum Gasteiger partial charge on any atom is 0.341 e. The smallest absolute Gasteiger partial charge is 0.341 e. The van der Waals surface area contributed by atoms with Gasteiger partial charge in [-0.1, -0.05) is 48.5 Å². The van der Waals surface area contributed by atoms with E-state index in [0.29, 0.717) is 5.75 Å². The van der Waals surface area contributed by atoms with Gasteiger partial charge in [-0.2, -0.15) is 0 Å². The van der Waals surface area contributed by atoms with Gasteiger partial charge in [0.15, 0.2) is 6.61 Å². The molecule has 4 rings (SSSR count). The van der Waals surface area contributed by atoms with E-state index in [1.165, 1.54) is 16.7 Å². The van der Waals surface area contributed by atoms with Crippen LogP contribution < -0.4 is 4.74 Å². The normalized spacial score (nSPS) is 14.6. The molecule has 0 saturated heterocycles. The van der Waals surface area contributed by atoms with Crippen molar-refractivity contribution >= 4 is 11.5 Å². The Kier molecular flexibility index (Phi) is 5.75. The van der Waals surface area contributed by atoms with Crippen LogP contribution in [0.3, 0.4) is 0 Å². The molecule has 1 N–H and O–H groups in total. The number of carboxylic acids is 1. The average Bonchev–Trinajstić information content (AvgIpc) is 3.18. The van der Waals surface area contributed by atoms with Crippen LogP contribution in [0.1, 0.15) is 35.2 Å². The average molecular weight is 388 g/mol. The molecule has 1 aromatic heterocycles. The summed E-state index contributed by atoms with van der Waals surface area (Å²) in [5.74, 6) is -0.274. The largest absolute Gasteiger partial charge is 0.482 e. The van der Waals surface area contributed by atoms with Crippen LogP contribution >= 0.6 is 0 Å². The highest BCUT2D eigenvalue weighted by molar-refractivity contribution is 5.73. The zero-order chi connectivity index (χ0) is 20.1. The number of aromatic nitrogens is 2. The number of ether oxygens (including phenoxy) is 1. The molecule has 0 amide bonds. The fourth-order valence-corrected chi connectivity index (χ4v) is 3.82. The van der Waals surface area contributed by atoms with Crippen LogP contribution in [-0.4, -0.2) is 27.2 Å². The maximum absolute atomic E-state index is 10.8. The highest BCUT2D eigenvalue weighted by Crippen LogP contribution is 2.36. The van der Waals surface area contributed by atoms with Crippen molar-refractivity contribution in [3.05, 3.63) is 89.5 Å². The minimum Gasteiger partial charge on any atom is -0.482 e. The van der Waals surface area contributed by atoms with Gasteiger partial charge in [0.25, 0.3) is 0 Å². The van der Waals surface area contributed by atoms with Gasteiger partial charge in [-0.05, 0) is 42.0 Å². The standard InChI is InChI=1S/C24H24N2O3/c27-24(28)16-29-23-11-5-9-21-19(8-4-10-22(21)23)12-13-26-15-20(25-17-26)14-18-6-2-1-3-7-18/h1-3,5-7,9,11-12,15,17H,4,8,10,13-14,16H2,(H,27,28)/b19-12-. The summed E-state index contributed by atoms with van der Waals surface area (Å²) in [5.41, 5.74) is 5.88. The summed E-state index contributed by atoms with van der Waals surface area (Å²) < 4.78 is 7.60. The summed E-state index contributed by atoms with van der Waals surface area (Å²) in [5, 5.41) is 8.89. The van der Waals surface area contributed by atoms with E-state index in [0.717, 1.165) is 43.5 Å². The van der Waals surface area contributed by atoms with Crippen molar-refractivity contribution in [1.29, 1.82) is 0 Å². The summed E-state index contributed by atoms with van der Waals surface area (Å²) >= 11 is 0. The molecule has 0 fully saturated rings. The van der Waals surface area contributed by atoms with Crippen LogP contribution in [0.15, 0.2) is 67.1 Å². The number of benzene rings is 2. The molecule has 3 aromatic rings. The summed E-state index contributed by atoms with van der Waals surface area (Å²) in [6, 6.07) is 16.2. The molecule has 2 aromatic carbocycles. The second-order valence-electron chi connectivity index (χ2n) is 7.27. The van der Waals surface area contributed by atoms with Crippen molar-refractivity contribution in [2.45, 2.75) is 32.2 Å². The van der Waals surface area contributed by atoms with Crippen LogP contribution in [0.4, 0.5) is 0 Å². The van der Waals surface area contributed by atoms with Gasteiger partial charge < -0.3 is 14.4 Å². The Morgan fingerprint density at radius 3 is 2.83 bits per heavy atom. The Labute approximate surface area is 170 Å². The molecular weight excluding hydrogens is 364 g/mol. The third-order valence-electron chi connectivity index (χ3n) is 5.17. The van der Waals surface area contributed by atoms with Gasteiger partial charge in [0, 0.05) is 24.7 Å². The highest BCUT2D eigenvalue weighted by atomic mass is 16.5. The Hall–Kier alpha value is -3.34. The fourth-order valence-electron chi connectivity index (χ4n) is 3.82. The molecule has 0 unspecified atom stereocenters. The fraction of sp³-hybridized carbons (Fsp3) is 0.250. The van der Waals surface area contributed by atoms with Crippen molar-refractivity contribution in [1.82, 2.24) is 9.55 Å². The highest BCUT2D eigenvalue weighted by Gasteiger charge is 2.18. The van der Waals surface area contributed by atoms with Crippen LogP contribution in [0.5, 0.6) is 5.75 Å². The lowest BCUT2D eigenvalue weighted by Crippen LogP contribution is -2.12. The van der Waals surface area contributed by atoms with Crippen molar-refractivity contribution in [2.75, 3.05) is 6.61 Å². The number of fused-ring (bicyclic) bond motifs is 1. The third kappa shape index (κ3) is 4.74. The summed E-state index contributed by atoms with van der Waals surface area (Å²) in [4.78, 5) is 15.4. The second-order valence-corrected chi connectivity index (χ2v) is 7.27. The number of imidazole rings is 1. The molecule has 5 nitrogen and oxygen atoms in total. The molecule has 148 valence electrons.